The van der Waals surface area contributed by atoms with E-state index in [9.17, 15) is 0 Å². The van der Waals surface area contributed by atoms with Gasteiger partial charge in [0.25, 0.3) is 0 Å². The van der Waals surface area contributed by atoms with Crippen molar-refractivity contribution in [2.75, 3.05) is 25.0 Å². The van der Waals surface area contributed by atoms with Crippen LogP contribution in [0.3, 0.4) is 0 Å². The van der Waals surface area contributed by atoms with Gasteiger partial charge in [0.05, 0.1) is 30.1 Å². The predicted molar refractivity (Wildman–Crippen MR) is 95.2 cm³/mol. The SMILES string of the molecule is Cc1ccc(N[C@H]2CO[C@@]3(CCCN(Cc4cnn(C)c4)C3)C2)nn1. The molecule has 4 rings (SSSR count). The van der Waals surface area contributed by atoms with E-state index in [-0.39, 0.29) is 5.60 Å². The lowest BCUT2D eigenvalue weighted by atomic mass is 9.88. The lowest BCUT2D eigenvalue weighted by molar-refractivity contribution is -0.0533. The van der Waals surface area contributed by atoms with Crippen LogP contribution in [0.1, 0.15) is 30.5 Å². The van der Waals surface area contributed by atoms with Gasteiger partial charge in [-0.1, -0.05) is 0 Å². The van der Waals surface area contributed by atoms with Gasteiger partial charge in [0, 0.05) is 38.3 Å². The fourth-order valence-corrected chi connectivity index (χ4v) is 4.04. The summed E-state index contributed by atoms with van der Waals surface area (Å²) in [5.41, 5.74) is 2.17. The summed E-state index contributed by atoms with van der Waals surface area (Å²) in [7, 11) is 1.96. The highest BCUT2D eigenvalue weighted by atomic mass is 16.5. The molecular formula is C18H26N6O. The van der Waals surface area contributed by atoms with E-state index in [1.165, 1.54) is 12.0 Å². The Labute approximate surface area is 148 Å². The van der Waals surface area contributed by atoms with E-state index in [0.717, 1.165) is 50.6 Å². The maximum Gasteiger partial charge on any atom is 0.148 e. The average Bonchev–Trinajstić information content (AvgIpc) is 3.16. The second kappa shape index (κ2) is 6.72. The van der Waals surface area contributed by atoms with Crippen LogP contribution in [0.25, 0.3) is 0 Å². The molecule has 25 heavy (non-hydrogen) atoms. The number of nitrogens with one attached hydrogen (secondary N) is 1. The van der Waals surface area contributed by atoms with Gasteiger partial charge < -0.3 is 10.1 Å². The third-order valence-electron chi connectivity index (χ3n) is 5.14. The van der Waals surface area contributed by atoms with Crippen molar-refractivity contribution in [3.05, 3.63) is 35.8 Å². The second-order valence-electron chi connectivity index (χ2n) is 7.44. The van der Waals surface area contributed by atoms with Crippen LogP contribution in [-0.4, -0.2) is 56.2 Å². The molecule has 2 aliphatic rings. The summed E-state index contributed by atoms with van der Waals surface area (Å²) in [5.74, 6) is 0.833. The van der Waals surface area contributed by atoms with E-state index in [1.54, 1.807) is 0 Å². The van der Waals surface area contributed by atoms with E-state index in [4.69, 9.17) is 4.74 Å². The van der Waals surface area contributed by atoms with Crippen LogP contribution in [0.2, 0.25) is 0 Å². The summed E-state index contributed by atoms with van der Waals surface area (Å²) in [6.07, 6.45) is 7.38. The molecule has 0 bridgehead atoms. The van der Waals surface area contributed by atoms with Crippen LogP contribution >= 0.6 is 0 Å². The molecule has 2 aromatic rings. The molecule has 2 aliphatic heterocycles. The number of nitrogens with zero attached hydrogens (tertiary/aromatic N) is 5. The number of likely N-dealkylation sites (tertiary alicyclic amines) is 1. The van der Waals surface area contributed by atoms with Crippen LogP contribution in [0.4, 0.5) is 5.82 Å². The van der Waals surface area contributed by atoms with Gasteiger partial charge in [-0.25, -0.2) is 0 Å². The summed E-state index contributed by atoms with van der Waals surface area (Å²) in [6, 6.07) is 4.27. The zero-order chi connectivity index (χ0) is 17.3. The molecule has 2 aromatic heterocycles. The van der Waals surface area contributed by atoms with E-state index in [2.05, 4.69) is 31.7 Å². The zero-order valence-corrected chi connectivity index (χ0v) is 15.0. The molecule has 7 heteroatoms. The van der Waals surface area contributed by atoms with Gasteiger partial charge >= 0.3 is 0 Å². The molecule has 4 heterocycles. The topological polar surface area (TPSA) is 68.1 Å². The molecule has 2 atom stereocenters. The van der Waals surface area contributed by atoms with Crippen LogP contribution in [0.5, 0.6) is 0 Å². The highest BCUT2D eigenvalue weighted by molar-refractivity contribution is 5.34. The predicted octanol–water partition coefficient (Wildman–Crippen LogP) is 1.75. The molecule has 0 unspecified atom stereocenters. The Morgan fingerprint density at radius 3 is 3.04 bits per heavy atom. The lowest BCUT2D eigenvalue weighted by Crippen LogP contribution is -2.47. The smallest absolute Gasteiger partial charge is 0.148 e. The van der Waals surface area contributed by atoms with E-state index < -0.39 is 0 Å². The van der Waals surface area contributed by atoms with Crippen molar-refractivity contribution in [3.8, 4) is 0 Å². The van der Waals surface area contributed by atoms with Gasteiger partial charge in [-0.05, 0) is 38.4 Å². The Morgan fingerprint density at radius 1 is 1.36 bits per heavy atom. The van der Waals surface area contributed by atoms with Crippen molar-refractivity contribution in [3.63, 3.8) is 0 Å². The molecule has 0 aliphatic carbocycles. The Hall–Kier alpha value is -1.99. The van der Waals surface area contributed by atoms with Crippen molar-refractivity contribution in [2.45, 2.75) is 44.4 Å². The number of rotatable bonds is 4. The van der Waals surface area contributed by atoms with Crippen LogP contribution < -0.4 is 5.32 Å². The monoisotopic (exact) mass is 342 g/mol. The summed E-state index contributed by atoms with van der Waals surface area (Å²) >= 11 is 0. The first-order valence-electron chi connectivity index (χ1n) is 9.01. The quantitative estimate of drug-likeness (QED) is 0.913. The number of ether oxygens (including phenoxy) is 1. The highest BCUT2D eigenvalue weighted by Crippen LogP contribution is 2.36. The standard InChI is InChI=1S/C18H26N6O/c1-14-4-5-17(22-21-14)20-16-8-18(25-12-16)6-3-7-24(13-18)11-15-9-19-23(2)10-15/h4-5,9-10,16H,3,6-8,11-13H2,1-2H3,(H,20,22)/t16-,18+/m1/s1. The second-order valence-corrected chi connectivity index (χ2v) is 7.44. The molecule has 2 saturated heterocycles. The first-order chi connectivity index (χ1) is 12.1. The number of hydrogen-bond acceptors (Lipinski definition) is 6. The van der Waals surface area contributed by atoms with Crippen LogP contribution in [0.15, 0.2) is 24.5 Å². The van der Waals surface area contributed by atoms with E-state index in [0.29, 0.717) is 6.04 Å². The average molecular weight is 342 g/mol. The number of aryl methyl sites for hydroxylation is 2. The minimum atomic E-state index is -0.0315. The third kappa shape index (κ3) is 3.82. The van der Waals surface area contributed by atoms with Gasteiger partial charge in [-0.15, -0.1) is 5.10 Å². The fourth-order valence-electron chi connectivity index (χ4n) is 4.04. The molecule has 0 radical (unpaired) electrons. The summed E-state index contributed by atoms with van der Waals surface area (Å²) in [4.78, 5) is 2.49. The van der Waals surface area contributed by atoms with Gasteiger partial charge in [-0.2, -0.15) is 10.2 Å². The van der Waals surface area contributed by atoms with E-state index >= 15 is 0 Å². The van der Waals surface area contributed by atoms with Crippen molar-refractivity contribution in [1.29, 1.82) is 0 Å². The Bertz CT molecular complexity index is 715. The summed E-state index contributed by atoms with van der Waals surface area (Å²) < 4.78 is 8.15. The van der Waals surface area contributed by atoms with E-state index in [1.807, 2.05) is 37.0 Å². The molecule has 134 valence electrons. The molecule has 2 fully saturated rings. The Kier molecular flexibility index (Phi) is 4.43. The van der Waals surface area contributed by atoms with Gasteiger partial charge in [0.1, 0.15) is 5.82 Å². The minimum Gasteiger partial charge on any atom is -0.371 e. The van der Waals surface area contributed by atoms with Gasteiger partial charge in [-0.3, -0.25) is 9.58 Å². The largest absolute Gasteiger partial charge is 0.371 e. The van der Waals surface area contributed by atoms with Crippen molar-refractivity contribution >= 4 is 5.82 Å². The number of aromatic nitrogens is 4. The first-order valence-corrected chi connectivity index (χ1v) is 9.01. The van der Waals surface area contributed by atoms with Crippen molar-refractivity contribution in [2.24, 2.45) is 7.05 Å². The van der Waals surface area contributed by atoms with Crippen molar-refractivity contribution < 1.29 is 4.74 Å². The lowest BCUT2D eigenvalue weighted by Gasteiger charge is -2.39. The molecule has 7 nitrogen and oxygen atoms in total. The maximum absolute atomic E-state index is 6.29. The summed E-state index contributed by atoms with van der Waals surface area (Å²) in [6.45, 7) is 5.74. The number of anilines is 1. The zero-order valence-electron chi connectivity index (χ0n) is 15.0. The molecule has 1 N–H and O–H groups in total. The Balaban J connectivity index is 1.36. The molecule has 1 spiro atoms. The molecular weight excluding hydrogens is 316 g/mol. The normalized spacial score (nSPS) is 27.0. The number of hydrogen-bond donors (Lipinski definition) is 1. The number of piperidine rings is 1. The highest BCUT2D eigenvalue weighted by Gasteiger charge is 2.43. The van der Waals surface area contributed by atoms with Crippen LogP contribution in [-0.2, 0) is 18.3 Å². The maximum atomic E-state index is 6.29. The first kappa shape index (κ1) is 16.5. The van der Waals surface area contributed by atoms with Crippen molar-refractivity contribution in [1.82, 2.24) is 24.9 Å². The third-order valence-corrected chi connectivity index (χ3v) is 5.14. The van der Waals surface area contributed by atoms with Gasteiger partial charge in [0.2, 0.25) is 0 Å². The van der Waals surface area contributed by atoms with Gasteiger partial charge in [0.15, 0.2) is 0 Å². The summed E-state index contributed by atoms with van der Waals surface area (Å²) in [5, 5.41) is 16.1. The molecule has 0 saturated carbocycles. The molecule has 0 aromatic carbocycles. The fraction of sp³-hybridized carbons (Fsp3) is 0.611. The minimum absolute atomic E-state index is 0.0315. The van der Waals surface area contributed by atoms with Crippen LogP contribution in [0, 0.1) is 6.92 Å². The Morgan fingerprint density at radius 2 is 2.28 bits per heavy atom. The molecule has 0 amide bonds.